The number of carbonyl (C=O) groups excluding carboxylic acids is 1. The van der Waals surface area contributed by atoms with Gasteiger partial charge in [-0.3, -0.25) is 4.79 Å². The molecule has 8 nitrogen and oxygen atoms in total. The SMILES string of the molecule is COc1cccc(-c2nnc3ccc(OCCNC(=O)CCCc4ccccc4)nn23)c1. The van der Waals surface area contributed by atoms with Gasteiger partial charge in [0.2, 0.25) is 11.8 Å². The molecule has 0 spiro atoms. The Hall–Kier alpha value is -3.94. The lowest BCUT2D eigenvalue weighted by molar-refractivity contribution is -0.121. The van der Waals surface area contributed by atoms with Crippen molar-refractivity contribution in [2.24, 2.45) is 0 Å². The predicted molar refractivity (Wildman–Crippen MR) is 121 cm³/mol. The van der Waals surface area contributed by atoms with Crippen LogP contribution in [0.15, 0.2) is 66.7 Å². The van der Waals surface area contributed by atoms with Crippen LogP contribution in [-0.2, 0) is 11.2 Å². The van der Waals surface area contributed by atoms with Gasteiger partial charge in [-0.1, -0.05) is 42.5 Å². The maximum atomic E-state index is 12.0. The van der Waals surface area contributed by atoms with Gasteiger partial charge in [-0.15, -0.1) is 15.3 Å². The molecule has 1 N–H and O–H groups in total. The lowest BCUT2D eigenvalue weighted by Crippen LogP contribution is -2.28. The summed E-state index contributed by atoms with van der Waals surface area (Å²) in [7, 11) is 1.62. The van der Waals surface area contributed by atoms with E-state index in [1.54, 1.807) is 23.8 Å². The summed E-state index contributed by atoms with van der Waals surface area (Å²) in [6.45, 7) is 0.731. The van der Waals surface area contributed by atoms with Crippen molar-refractivity contribution in [3.05, 3.63) is 72.3 Å². The molecule has 4 aromatic rings. The van der Waals surface area contributed by atoms with Gasteiger partial charge in [0.05, 0.1) is 13.7 Å². The standard InChI is InChI=1S/C24H25N5O3/c1-31-20-11-6-10-19(17-20)24-27-26-21-13-14-23(28-29(21)24)32-16-15-25-22(30)12-5-9-18-7-3-2-4-8-18/h2-4,6-8,10-11,13-14,17H,5,9,12,15-16H2,1H3,(H,25,30). The Morgan fingerprint density at radius 3 is 2.75 bits per heavy atom. The Morgan fingerprint density at radius 2 is 1.91 bits per heavy atom. The highest BCUT2D eigenvalue weighted by atomic mass is 16.5. The van der Waals surface area contributed by atoms with E-state index in [4.69, 9.17) is 9.47 Å². The second-order valence-corrected chi connectivity index (χ2v) is 7.23. The molecule has 0 fully saturated rings. The molecular formula is C24H25N5O3. The zero-order chi connectivity index (χ0) is 22.2. The third-order valence-electron chi connectivity index (χ3n) is 4.95. The molecule has 0 saturated heterocycles. The number of amides is 1. The number of methoxy groups -OCH3 is 1. The number of carbonyl (C=O) groups is 1. The minimum absolute atomic E-state index is 0.0204. The normalized spacial score (nSPS) is 10.8. The molecule has 0 saturated carbocycles. The van der Waals surface area contributed by atoms with E-state index < -0.39 is 0 Å². The van der Waals surface area contributed by atoms with Crippen molar-refractivity contribution in [1.82, 2.24) is 25.1 Å². The number of ether oxygens (including phenoxy) is 2. The number of aryl methyl sites for hydroxylation is 1. The van der Waals surface area contributed by atoms with Crippen LogP contribution < -0.4 is 14.8 Å². The molecule has 8 heteroatoms. The van der Waals surface area contributed by atoms with Gasteiger partial charge in [-0.25, -0.2) is 0 Å². The number of benzene rings is 2. The lowest BCUT2D eigenvalue weighted by Gasteiger charge is -2.08. The van der Waals surface area contributed by atoms with Gasteiger partial charge < -0.3 is 14.8 Å². The van der Waals surface area contributed by atoms with E-state index in [0.717, 1.165) is 24.2 Å². The average Bonchev–Trinajstić information content (AvgIpc) is 3.26. The van der Waals surface area contributed by atoms with Gasteiger partial charge in [0.25, 0.3) is 0 Å². The quantitative estimate of drug-likeness (QED) is 0.388. The fourth-order valence-corrected chi connectivity index (χ4v) is 3.32. The van der Waals surface area contributed by atoms with Gasteiger partial charge in [-0.05, 0) is 36.6 Å². The van der Waals surface area contributed by atoms with E-state index in [-0.39, 0.29) is 5.91 Å². The van der Waals surface area contributed by atoms with Crippen molar-refractivity contribution >= 4 is 11.6 Å². The third-order valence-corrected chi connectivity index (χ3v) is 4.95. The second kappa shape index (κ2) is 10.4. The van der Waals surface area contributed by atoms with Crippen molar-refractivity contribution in [2.45, 2.75) is 19.3 Å². The zero-order valence-electron chi connectivity index (χ0n) is 17.9. The highest BCUT2D eigenvalue weighted by Gasteiger charge is 2.11. The summed E-state index contributed by atoms with van der Waals surface area (Å²) >= 11 is 0. The van der Waals surface area contributed by atoms with E-state index in [9.17, 15) is 4.79 Å². The molecule has 2 aromatic heterocycles. The highest BCUT2D eigenvalue weighted by Crippen LogP contribution is 2.23. The molecule has 2 aromatic carbocycles. The smallest absolute Gasteiger partial charge is 0.231 e. The molecule has 1 amide bonds. The van der Waals surface area contributed by atoms with E-state index in [1.165, 1.54) is 5.56 Å². The molecule has 32 heavy (non-hydrogen) atoms. The molecule has 0 aliphatic carbocycles. The van der Waals surface area contributed by atoms with Crippen LogP contribution in [0.25, 0.3) is 17.0 Å². The molecule has 0 bridgehead atoms. The fraction of sp³-hybridized carbons (Fsp3) is 0.250. The summed E-state index contributed by atoms with van der Waals surface area (Å²) < 4.78 is 12.6. The molecule has 4 rings (SSSR count). The van der Waals surface area contributed by atoms with Crippen LogP contribution in [0.4, 0.5) is 0 Å². The summed E-state index contributed by atoms with van der Waals surface area (Å²) in [5, 5.41) is 15.8. The summed E-state index contributed by atoms with van der Waals surface area (Å²) in [6.07, 6.45) is 2.20. The number of fused-ring (bicyclic) bond motifs is 1. The topological polar surface area (TPSA) is 90.6 Å². The number of nitrogens with zero attached hydrogens (tertiary/aromatic N) is 4. The highest BCUT2D eigenvalue weighted by molar-refractivity contribution is 5.75. The first-order valence-corrected chi connectivity index (χ1v) is 10.5. The fourth-order valence-electron chi connectivity index (χ4n) is 3.32. The summed E-state index contributed by atoms with van der Waals surface area (Å²) in [5.74, 6) is 1.77. The molecule has 164 valence electrons. The summed E-state index contributed by atoms with van der Waals surface area (Å²) in [6, 6.07) is 21.2. The van der Waals surface area contributed by atoms with E-state index in [0.29, 0.717) is 36.9 Å². The van der Waals surface area contributed by atoms with Gasteiger partial charge in [0.1, 0.15) is 12.4 Å². The van der Waals surface area contributed by atoms with Crippen molar-refractivity contribution < 1.29 is 14.3 Å². The van der Waals surface area contributed by atoms with Crippen LogP contribution in [0.1, 0.15) is 18.4 Å². The Balaban J connectivity index is 1.27. The van der Waals surface area contributed by atoms with E-state index in [1.807, 2.05) is 42.5 Å². The number of aromatic nitrogens is 4. The summed E-state index contributed by atoms with van der Waals surface area (Å²) in [4.78, 5) is 12.0. The first-order valence-electron chi connectivity index (χ1n) is 10.5. The Labute approximate surface area is 186 Å². The van der Waals surface area contributed by atoms with Gasteiger partial charge in [-0.2, -0.15) is 4.52 Å². The van der Waals surface area contributed by atoms with Crippen LogP contribution in [0, 0.1) is 0 Å². The molecular weight excluding hydrogens is 406 g/mol. The van der Waals surface area contributed by atoms with E-state index >= 15 is 0 Å². The first kappa shape index (κ1) is 21.3. The lowest BCUT2D eigenvalue weighted by atomic mass is 10.1. The molecule has 0 aliphatic rings. The number of hydrogen-bond donors (Lipinski definition) is 1. The van der Waals surface area contributed by atoms with Crippen LogP contribution >= 0.6 is 0 Å². The van der Waals surface area contributed by atoms with Crippen LogP contribution in [0.2, 0.25) is 0 Å². The molecule has 0 aliphatic heterocycles. The van der Waals surface area contributed by atoms with Crippen molar-refractivity contribution in [1.29, 1.82) is 0 Å². The molecule has 0 radical (unpaired) electrons. The minimum Gasteiger partial charge on any atom is -0.497 e. The Bertz CT molecular complexity index is 1180. The molecule has 0 atom stereocenters. The maximum Gasteiger partial charge on any atom is 0.231 e. The van der Waals surface area contributed by atoms with Gasteiger partial charge in [0.15, 0.2) is 11.5 Å². The Morgan fingerprint density at radius 1 is 1.03 bits per heavy atom. The van der Waals surface area contributed by atoms with Gasteiger partial charge >= 0.3 is 0 Å². The Kier molecular flexibility index (Phi) is 6.91. The van der Waals surface area contributed by atoms with Crippen LogP contribution in [-0.4, -0.2) is 46.0 Å². The molecule has 2 heterocycles. The minimum atomic E-state index is 0.0204. The largest absolute Gasteiger partial charge is 0.497 e. The number of rotatable bonds is 10. The van der Waals surface area contributed by atoms with E-state index in [2.05, 4.69) is 32.7 Å². The predicted octanol–water partition coefficient (Wildman–Crippen LogP) is 3.32. The van der Waals surface area contributed by atoms with Crippen molar-refractivity contribution in [2.75, 3.05) is 20.3 Å². The second-order valence-electron chi connectivity index (χ2n) is 7.23. The first-order chi connectivity index (χ1) is 15.7. The zero-order valence-corrected chi connectivity index (χ0v) is 17.9. The maximum absolute atomic E-state index is 12.0. The molecule has 0 unspecified atom stereocenters. The monoisotopic (exact) mass is 431 g/mol. The van der Waals surface area contributed by atoms with Crippen molar-refractivity contribution in [3.63, 3.8) is 0 Å². The third kappa shape index (κ3) is 5.40. The number of hydrogen-bond acceptors (Lipinski definition) is 6. The van der Waals surface area contributed by atoms with Crippen molar-refractivity contribution in [3.8, 4) is 23.0 Å². The average molecular weight is 431 g/mol. The number of nitrogens with one attached hydrogen (secondary N) is 1. The van der Waals surface area contributed by atoms with Crippen LogP contribution in [0.3, 0.4) is 0 Å². The van der Waals surface area contributed by atoms with Gasteiger partial charge in [0, 0.05) is 18.1 Å². The summed E-state index contributed by atoms with van der Waals surface area (Å²) in [5.41, 5.74) is 2.69. The van der Waals surface area contributed by atoms with Crippen LogP contribution in [0.5, 0.6) is 11.6 Å².